The lowest BCUT2D eigenvalue weighted by Crippen LogP contribution is -2.33. The van der Waals surface area contributed by atoms with Crippen LogP contribution in [0.2, 0.25) is 5.02 Å². The molecule has 2 aromatic carbocycles. The van der Waals surface area contributed by atoms with Gasteiger partial charge in [0, 0.05) is 18.6 Å². The van der Waals surface area contributed by atoms with Crippen molar-refractivity contribution < 1.29 is 19.0 Å². The molecular formula is C21H26ClNO4. The van der Waals surface area contributed by atoms with E-state index in [1.165, 1.54) is 0 Å². The number of hydrogen-bond donors (Lipinski definition) is 0. The van der Waals surface area contributed by atoms with Crippen LogP contribution < -0.4 is 14.2 Å². The molecule has 0 bridgehead atoms. The third kappa shape index (κ3) is 5.54. The SMILES string of the molecule is COc1ccc(CCN(C)C(=O)COc2c(C)cc(Cl)cc2C)cc1OC. The summed E-state index contributed by atoms with van der Waals surface area (Å²) in [4.78, 5) is 14.0. The molecule has 0 saturated carbocycles. The number of rotatable bonds is 8. The molecular weight excluding hydrogens is 366 g/mol. The number of likely N-dealkylation sites (N-methyl/N-ethyl adjacent to an activating group) is 1. The first-order chi connectivity index (χ1) is 12.8. The largest absolute Gasteiger partial charge is 0.493 e. The number of methoxy groups -OCH3 is 2. The minimum atomic E-state index is -0.0794. The number of amides is 1. The van der Waals surface area contributed by atoms with Crippen molar-refractivity contribution in [2.24, 2.45) is 0 Å². The normalized spacial score (nSPS) is 10.4. The maximum atomic E-state index is 12.4. The second-order valence-electron chi connectivity index (χ2n) is 6.41. The van der Waals surface area contributed by atoms with Gasteiger partial charge in [0.1, 0.15) is 5.75 Å². The van der Waals surface area contributed by atoms with Crippen LogP contribution in [0.25, 0.3) is 0 Å². The van der Waals surface area contributed by atoms with E-state index in [1.807, 2.05) is 44.2 Å². The second kappa shape index (κ2) is 9.51. The number of benzene rings is 2. The van der Waals surface area contributed by atoms with Crippen molar-refractivity contribution in [3.63, 3.8) is 0 Å². The number of hydrogen-bond acceptors (Lipinski definition) is 4. The molecule has 0 aliphatic rings. The first-order valence-corrected chi connectivity index (χ1v) is 9.08. The van der Waals surface area contributed by atoms with Crippen LogP contribution in [0.1, 0.15) is 16.7 Å². The van der Waals surface area contributed by atoms with Gasteiger partial charge in [-0.15, -0.1) is 0 Å². The van der Waals surface area contributed by atoms with Gasteiger partial charge < -0.3 is 19.1 Å². The summed E-state index contributed by atoms with van der Waals surface area (Å²) in [6, 6.07) is 9.42. The Morgan fingerprint density at radius 1 is 1.04 bits per heavy atom. The van der Waals surface area contributed by atoms with Crippen LogP contribution in [0.15, 0.2) is 30.3 Å². The summed E-state index contributed by atoms with van der Waals surface area (Å²) in [5.74, 6) is 2.00. The number of nitrogens with zero attached hydrogens (tertiary/aromatic N) is 1. The first-order valence-electron chi connectivity index (χ1n) is 8.70. The van der Waals surface area contributed by atoms with Crippen molar-refractivity contribution in [3.8, 4) is 17.2 Å². The maximum Gasteiger partial charge on any atom is 0.260 e. The fourth-order valence-corrected chi connectivity index (χ4v) is 3.15. The van der Waals surface area contributed by atoms with Crippen molar-refractivity contribution in [2.75, 3.05) is 34.4 Å². The van der Waals surface area contributed by atoms with Gasteiger partial charge in [-0.05, 0) is 61.2 Å². The van der Waals surface area contributed by atoms with Crippen molar-refractivity contribution in [1.82, 2.24) is 4.90 Å². The van der Waals surface area contributed by atoms with Crippen LogP contribution in [0.5, 0.6) is 17.2 Å². The molecule has 0 aliphatic carbocycles. The fraction of sp³-hybridized carbons (Fsp3) is 0.381. The molecule has 0 heterocycles. The number of carbonyl (C=O) groups excluding carboxylic acids is 1. The highest BCUT2D eigenvalue weighted by atomic mass is 35.5. The van der Waals surface area contributed by atoms with Gasteiger partial charge >= 0.3 is 0 Å². The van der Waals surface area contributed by atoms with Crippen LogP contribution in [0, 0.1) is 13.8 Å². The van der Waals surface area contributed by atoms with E-state index >= 15 is 0 Å². The smallest absolute Gasteiger partial charge is 0.260 e. The minimum Gasteiger partial charge on any atom is -0.493 e. The van der Waals surface area contributed by atoms with Crippen LogP contribution in [-0.2, 0) is 11.2 Å². The topological polar surface area (TPSA) is 48.0 Å². The van der Waals surface area contributed by atoms with Crippen LogP contribution in [0.3, 0.4) is 0 Å². The van der Waals surface area contributed by atoms with E-state index in [4.69, 9.17) is 25.8 Å². The van der Waals surface area contributed by atoms with E-state index in [-0.39, 0.29) is 12.5 Å². The van der Waals surface area contributed by atoms with Crippen molar-refractivity contribution >= 4 is 17.5 Å². The van der Waals surface area contributed by atoms with E-state index in [0.717, 1.165) is 16.7 Å². The number of carbonyl (C=O) groups is 1. The lowest BCUT2D eigenvalue weighted by molar-refractivity contribution is -0.132. The predicted octanol–water partition coefficient (Wildman–Crippen LogP) is 4.05. The Balaban J connectivity index is 1.91. The average molecular weight is 392 g/mol. The zero-order chi connectivity index (χ0) is 20.0. The molecule has 0 fully saturated rings. The van der Waals surface area contributed by atoms with Crippen LogP contribution >= 0.6 is 11.6 Å². The molecule has 0 spiro atoms. The molecule has 0 aliphatic heterocycles. The van der Waals surface area contributed by atoms with Gasteiger partial charge in [-0.2, -0.15) is 0 Å². The van der Waals surface area contributed by atoms with E-state index < -0.39 is 0 Å². The molecule has 2 aromatic rings. The zero-order valence-electron chi connectivity index (χ0n) is 16.5. The zero-order valence-corrected chi connectivity index (χ0v) is 17.2. The monoisotopic (exact) mass is 391 g/mol. The lowest BCUT2D eigenvalue weighted by atomic mass is 10.1. The number of halogens is 1. The molecule has 0 radical (unpaired) electrons. The van der Waals surface area contributed by atoms with Crippen LogP contribution in [0.4, 0.5) is 0 Å². The average Bonchev–Trinajstić information content (AvgIpc) is 2.64. The van der Waals surface area contributed by atoms with E-state index in [9.17, 15) is 4.79 Å². The maximum absolute atomic E-state index is 12.4. The van der Waals surface area contributed by atoms with Gasteiger partial charge in [-0.25, -0.2) is 0 Å². The minimum absolute atomic E-state index is 0.00819. The fourth-order valence-electron chi connectivity index (χ4n) is 2.83. The summed E-state index contributed by atoms with van der Waals surface area (Å²) in [5, 5.41) is 0.663. The van der Waals surface area contributed by atoms with Crippen molar-refractivity contribution in [2.45, 2.75) is 20.3 Å². The second-order valence-corrected chi connectivity index (χ2v) is 6.85. The molecule has 27 heavy (non-hydrogen) atoms. The standard InChI is InChI=1S/C21H26ClNO4/c1-14-10-17(22)11-15(2)21(14)27-13-20(24)23(3)9-8-16-6-7-18(25-4)19(12-16)26-5/h6-7,10-12H,8-9,13H2,1-5H3. The number of aryl methyl sites for hydroxylation is 2. The summed E-state index contributed by atoms with van der Waals surface area (Å²) >= 11 is 6.03. The Hall–Kier alpha value is -2.40. The molecule has 0 N–H and O–H groups in total. The molecule has 1 amide bonds. The molecule has 0 atom stereocenters. The molecule has 0 unspecified atom stereocenters. The van der Waals surface area contributed by atoms with Crippen LogP contribution in [-0.4, -0.2) is 45.2 Å². The summed E-state index contributed by atoms with van der Waals surface area (Å²) < 4.78 is 16.3. The first kappa shape index (κ1) is 20.9. The van der Waals surface area contributed by atoms with Gasteiger partial charge in [0.2, 0.25) is 0 Å². The predicted molar refractivity (Wildman–Crippen MR) is 107 cm³/mol. The summed E-state index contributed by atoms with van der Waals surface area (Å²) in [5.41, 5.74) is 2.90. The Kier molecular flexibility index (Phi) is 7.36. The van der Waals surface area contributed by atoms with Gasteiger partial charge in [-0.1, -0.05) is 17.7 Å². The third-order valence-corrected chi connectivity index (χ3v) is 4.59. The Bertz CT molecular complexity index is 784. The van der Waals surface area contributed by atoms with Crippen molar-refractivity contribution in [1.29, 1.82) is 0 Å². The summed E-state index contributed by atoms with van der Waals surface area (Å²) in [7, 11) is 4.98. The molecule has 0 saturated heterocycles. The van der Waals surface area contributed by atoms with Gasteiger partial charge in [0.25, 0.3) is 5.91 Å². The van der Waals surface area contributed by atoms with E-state index in [1.54, 1.807) is 26.2 Å². The Labute approximate surface area is 165 Å². The number of ether oxygens (including phenoxy) is 3. The molecule has 6 heteroatoms. The molecule has 5 nitrogen and oxygen atoms in total. The Morgan fingerprint density at radius 2 is 1.67 bits per heavy atom. The molecule has 2 rings (SSSR count). The van der Waals surface area contributed by atoms with E-state index in [2.05, 4.69) is 0 Å². The lowest BCUT2D eigenvalue weighted by Gasteiger charge is -2.19. The Morgan fingerprint density at radius 3 is 2.26 bits per heavy atom. The quantitative estimate of drug-likeness (QED) is 0.681. The van der Waals surface area contributed by atoms with Gasteiger partial charge in [-0.3, -0.25) is 4.79 Å². The van der Waals surface area contributed by atoms with Crippen molar-refractivity contribution in [3.05, 3.63) is 52.0 Å². The highest BCUT2D eigenvalue weighted by molar-refractivity contribution is 6.30. The molecule has 0 aromatic heterocycles. The van der Waals surface area contributed by atoms with Gasteiger partial charge in [0.05, 0.1) is 14.2 Å². The highest BCUT2D eigenvalue weighted by Crippen LogP contribution is 2.28. The third-order valence-electron chi connectivity index (χ3n) is 4.37. The summed E-state index contributed by atoms with van der Waals surface area (Å²) in [6.45, 7) is 4.40. The summed E-state index contributed by atoms with van der Waals surface area (Å²) in [6.07, 6.45) is 0.710. The molecule has 146 valence electrons. The highest BCUT2D eigenvalue weighted by Gasteiger charge is 2.13. The van der Waals surface area contributed by atoms with E-state index in [0.29, 0.717) is 35.2 Å². The van der Waals surface area contributed by atoms with Gasteiger partial charge in [0.15, 0.2) is 18.1 Å².